The Kier molecular flexibility index (Phi) is 4.61. The van der Waals surface area contributed by atoms with Gasteiger partial charge in [-0.1, -0.05) is 6.07 Å². The first-order valence-electron chi connectivity index (χ1n) is 8.94. The largest absolute Gasteiger partial charge is 0.378 e. The van der Waals surface area contributed by atoms with E-state index in [0.29, 0.717) is 11.8 Å². The van der Waals surface area contributed by atoms with E-state index in [0.717, 1.165) is 47.7 Å². The minimum absolute atomic E-state index is 0.149. The van der Waals surface area contributed by atoms with E-state index >= 15 is 0 Å². The quantitative estimate of drug-likeness (QED) is 0.773. The first kappa shape index (κ1) is 17.3. The lowest BCUT2D eigenvalue weighted by atomic mass is 10.0. The molecule has 2 aliphatic rings. The number of anilines is 2. The normalized spacial score (nSPS) is 21.8. The molecule has 0 saturated carbocycles. The van der Waals surface area contributed by atoms with Gasteiger partial charge in [0.25, 0.3) is 5.91 Å². The molecule has 0 bridgehead atoms. The third-order valence-corrected chi connectivity index (χ3v) is 5.89. The molecule has 4 rings (SSSR count). The summed E-state index contributed by atoms with van der Waals surface area (Å²) in [6.07, 6.45) is 1.84. The number of pyridine rings is 1. The highest BCUT2D eigenvalue weighted by molar-refractivity contribution is 9.10. The summed E-state index contributed by atoms with van der Waals surface area (Å²) < 4.78 is 0.998. The molecule has 2 fully saturated rings. The van der Waals surface area contributed by atoms with Gasteiger partial charge in [0, 0.05) is 74.0 Å². The van der Waals surface area contributed by atoms with Crippen LogP contribution in [-0.4, -0.2) is 56.1 Å². The molecule has 1 aromatic carbocycles. The van der Waals surface area contributed by atoms with Crippen molar-refractivity contribution in [2.24, 2.45) is 11.8 Å². The van der Waals surface area contributed by atoms with Crippen molar-refractivity contribution < 1.29 is 4.79 Å². The molecule has 6 heteroatoms. The highest BCUT2D eigenvalue weighted by Crippen LogP contribution is 2.34. The smallest absolute Gasteiger partial charge is 0.253 e. The summed E-state index contributed by atoms with van der Waals surface area (Å²) in [5.41, 5.74) is 1.84. The van der Waals surface area contributed by atoms with Gasteiger partial charge in [-0.25, -0.2) is 4.98 Å². The SMILES string of the molecule is CN(C)c1cccc(C(=O)N2CC3CN(c4ccc(Br)cn4)CC3C2)c1. The summed E-state index contributed by atoms with van der Waals surface area (Å²) in [6, 6.07) is 12.0. The molecule has 0 radical (unpaired) electrons. The Balaban J connectivity index is 1.42. The Morgan fingerprint density at radius 3 is 2.46 bits per heavy atom. The number of fused-ring (bicyclic) bond motifs is 1. The van der Waals surface area contributed by atoms with Crippen LogP contribution in [0.1, 0.15) is 10.4 Å². The Hall–Kier alpha value is -2.08. The summed E-state index contributed by atoms with van der Waals surface area (Å²) in [5, 5.41) is 0. The molecule has 3 heterocycles. The van der Waals surface area contributed by atoms with Gasteiger partial charge in [-0.3, -0.25) is 4.79 Å². The molecule has 0 spiro atoms. The zero-order chi connectivity index (χ0) is 18.3. The fourth-order valence-electron chi connectivity index (χ4n) is 4.00. The summed E-state index contributed by atoms with van der Waals surface area (Å²) in [7, 11) is 3.99. The highest BCUT2D eigenvalue weighted by Gasteiger charge is 2.42. The van der Waals surface area contributed by atoms with Gasteiger partial charge in [0.1, 0.15) is 5.82 Å². The van der Waals surface area contributed by atoms with Crippen molar-refractivity contribution in [3.63, 3.8) is 0 Å². The van der Waals surface area contributed by atoms with E-state index in [4.69, 9.17) is 0 Å². The van der Waals surface area contributed by atoms with Crippen LogP contribution in [0.3, 0.4) is 0 Å². The average molecular weight is 415 g/mol. The third-order valence-electron chi connectivity index (χ3n) is 5.42. The first-order valence-corrected chi connectivity index (χ1v) is 9.74. The van der Waals surface area contributed by atoms with Crippen LogP contribution in [0.25, 0.3) is 0 Å². The van der Waals surface area contributed by atoms with E-state index in [1.54, 1.807) is 0 Å². The molecule has 1 aromatic heterocycles. The van der Waals surface area contributed by atoms with Gasteiger partial charge in [0.2, 0.25) is 0 Å². The van der Waals surface area contributed by atoms with Crippen LogP contribution in [0.5, 0.6) is 0 Å². The number of amides is 1. The predicted molar refractivity (Wildman–Crippen MR) is 108 cm³/mol. The van der Waals surface area contributed by atoms with Gasteiger partial charge >= 0.3 is 0 Å². The maximum Gasteiger partial charge on any atom is 0.253 e. The molecular formula is C20H23BrN4O. The molecule has 2 atom stereocenters. The van der Waals surface area contributed by atoms with Crippen LogP contribution in [-0.2, 0) is 0 Å². The second kappa shape index (κ2) is 6.91. The molecule has 2 aliphatic heterocycles. The van der Waals surface area contributed by atoms with Crippen LogP contribution in [0.2, 0.25) is 0 Å². The highest BCUT2D eigenvalue weighted by atomic mass is 79.9. The molecule has 2 saturated heterocycles. The van der Waals surface area contributed by atoms with Crippen LogP contribution in [0, 0.1) is 11.8 Å². The number of rotatable bonds is 3. The number of aromatic nitrogens is 1. The van der Waals surface area contributed by atoms with E-state index in [-0.39, 0.29) is 5.91 Å². The fraction of sp³-hybridized carbons (Fsp3) is 0.400. The van der Waals surface area contributed by atoms with E-state index in [1.807, 2.05) is 60.4 Å². The van der Waals surface area contributed by atoms with Gasteiger partial charge in [-0.05, 0) is 46.3 Å². The standard InChI is InChI=1S/C20H23BrN4O/c1-23(2)18-5-3-4-14(8-18)20(26)25-12-15-10-24(11-16(15)13-25)19-7-6-17(21)9-22-19/h3-9,15-16H,10-13H2,1-2H3. The van der Waals surface area contributed by atoms with E-state index in [2.05, 4.69) is 31.9 Å². The van der Waals surface area contributed by atoms with Gasteiger partial charge in [-0.2, -0.15) is 0 Å². The molecule has 1 amide bonds. The minimum Gasteiger partial charge on any atom is -0.378 e. The molecular weight excluding hydrogens is 392 g/mol. The van der Waals surface area contributed by atoms with Crippen LogP contribution in [0.15, 0.2) is 47.1 Å². The Morgan fingerprint density at radius 2 is 1.85 bits per heavy atom. The minimum atomic E-state index is 0.149. The number of benzene rings is 1. The van der Waals surface area contributed by atoms with E-state index < -0.39 is 0 Å². The molecule has 136 valence electrons. The lowest BCUT2D eigenvalue weighted by Gasteiger charge is -2.23. The van der Waals surface area contributed by atoms with Crippen molar-refractivity contribution >= 4 is 33.3 Å². The molecule has 26 heavy (non-hydrogen) atoms. The second-order valence-corrected chi connectivity index (χ2v) is 8.33. The van der Waals surface area contributed by atoms with Crippen molar-refractivity contribution in [1.82, 2.24) is 9.88 Å². The van der Waals surface area contributed by atoms with E-state index in [1.165, 1.54) is 0 Å². The number of nitrogens with zero attached hydrogens (tertiary/aromatic N) is 4. The Labute approximate surface area is 162 Å². The van der Waals surface area contributed by atoms with Gasteiger partial charge in [0.15, 0.2) is 0 Å². The summed E-state index contributed by atoms with van der Waals surface area (Å²) in [4.78, 5) is 23.8. The number of hydrogen-bond donors (Lipinski definition) is 0. The Bertz CT molecular complexity index is 794. The molecule has 2 unspecified atom stereocenters. The number of carbonyl (C=O) groups excluding carboxylic acids is 1. The van der Waals surface area contributed by atoms with Gasteiger partial charge in [0.05, 0.1) is 0 Å². The molecule has 2 aromatic rings. The number of likely N-dealkylation sites (tertiary alicyclic amines) is 1. The third kappa shape index (κ3) is 3.30. The predicted octanol–water partition coefficient (Wildman–Crippen LogP) is 3.12. The average Bonchev–Trinajstić information content (AvgIpc) is 3.21. The summed E-state index contributed by atoms with van der Waals surface area (Å²) in [6.45, 7) is 3.62. The summed E-state index contributed by atoms with van der Waals surface area (Å²) >= 11 is 3.43. The molecule has 5 nitrogen and oxygen atoms in total. The molecule has 0 N–H and O–H groups in total. The second-order valence-electron chi connectivity index (χ2n) is 7.41. The molecule has 0 aliphatic carbocycles. The monoisotopic (exact) mass is 414 g/mol. The van der Waals surface area contributed by atoms with Crippen molar-refractivity contribution in [3.8, 4) is 0 Å². The maximum absolute atomic E-state index is 12.9. The van der Waals surface area contributed by atoms with Crippen molar-refractivity contribution in [1.29, 1.82) is 0 Å². The van der Waals surface area contributed by atoms with Crippen molar-refractivity contribution in [2.45, 2.75) is 0 Å². The van der Waals surface area contributed by atoms with Gasteiger partial charge < -0.3 is 14.7 Å². The summed E-state index contributed by atoms with van der Waals surface area (Å²) in [5.74, 6) is 2.23. The van der Waals surface area contributed by atoms with Crippen LogP contribution < -0.4 is 9.80 Å². The van der Waals surface area contributed by atoms with Crippen LogP contribution >= 0.6 is 15.9 Å². The zero-order valence-corrected chi connectivity index (χ0v) is 16.7. The lowest BCUT2D eigenvalue weighted by molar-refractivity contribution is 0.0782. The topological polar surface area (TPSA) is 39.7 Å². The van der Waals surface area contributed by atoms with E-state index in [9.17, 15) is 4.79 Å². The van der Waals surface area contributed by atoms with Crippen molar-refractivity contribution in [2.75, 3.05) is 50.1 Å². The fourth-order valence-corrected chi connectivity index (χ4v) is 4.24. The van der Waals surface area contributed by atoms with Crippen molar-refractivity contribution in [3.05, 3.63) is 52.6 Å². The van der Waals surface area contributed by atoms with Gasteiger partial charge in [-0.15, -0.1) is 0 Å². The number of hydrogen-bond acceptors (Lipinski definition) is 4. The lowest BCUT2D eigenvalue weighted by Crippen LogP contribution is -2.33. The first-order chi connectivity index (χ1) is 12.5. The maximum atomic E-state index is 12.9. The number of carbonyl (C=O) groups is 1. The number of halogens is 1. The Morgan fingerprint density at radius 1 is 1.12 bits per heavy atom. The zero-order valence-electron chi connectivity index (χ0n) is 15.1. The van der Waals surface area contributed by atoms with Crippen LogP contribution in [0.4, 0.5) is 11.5 Å².